The molecule has 0 spiro atoms. The van der Waals surface area contributed by atoms with Gasteiger partial charge in [0.15, 0.2) is 16.1 Å². The lowest BCUT2D eigenvalue weighted by Gasteiger charge is -2.15. The van der Waals surface area contributed by atoms with Gasteiger partial charge in [0.1, 0.15) is 17.3 Å². The van der Waals surface area contributed by atoms with Gasteiger partial charge in [0.2, 0.25) is 0 Å². The molecule has 2 rings (SSSR count). The van der Waals surface area contributed by atoms with Crippen LogP contribution < -0.4 is 10.6 Å². The number of anilines is 1. The number of rotatable bonds is 7. The summed E-state index contributed by atoms with van der Waals surface area (Å²) in [5, 5.41) is 16.0. The lowest BCUT2D eigenvalue weighted by Crippen LogP contribution is -2.32. The van der Waals surface area contributed by atoms with Crippen LogP contribution in [0.2, 0.25) is 5.02 Å². The molecular weight excluding hydrogens is 411 g/mol. The molecule has 1 heterocycles. The van der Waals surface area contributed by atoms with E-state index < -0.39 is 33.8 Å². The Morgan fingerprint density at radius 2 is 2.04 bits per heavy atom. The van der Waals surface area contributed by atoms with Gasteiger partial charge in [-0.05, 0) is 13.0 Å². The van der Waals surface area contributed by atoms with Crippen molar-refractivity contribution in [3.8, 4) is 0 Å². The lowest BCUT2D eigenvalue weighted by molar-refractivity contribution is 0.0941. The number of carbonyl (C=O) groups is 1. The lowest BCUT2D eigenvalue weighted by atomic mass is 10.2. The van der Waals surface area contributed by atoms with Crippen molar-refractivity contribution in [2.45, 2.75) is 19.2 Å². The van der Waals surface area contributed by atoms with Crippen LogP contribution in [0, 0.1) is 5.82 Å². The molecule has 0 bridgehead atoms. The molecule has 2 atom stereocenters. The third kappa shape index (κ3) is 6.25. The van der Waals surface area contributed by atoms with Gasteiger partial charge in [0, 0.05) is 23.3 Å². The second-order valence-corrected chi connectivity index (χ2v) is 8.21. The number of aliphatic hydroxyl groups excluding tert-OH is 1. The number of aliphatic hydroxyl groups is 1. The average Bonchev–Trinajstić information content (AvgIpc) is 2.62. The summed E-state index contributed by atoms with van der Waals surface area (Å²) in [7, 11) is -3.29. The van der Waals surface area contributed by atoms with E-state index in [0.717, 1.165) is 17.7 Å². The minimum atomic E-state index is -3.29. The fraction of sp³-hybridized carbons (Fsp3) is 0.235. The molecule has 0 aliphatic carbocycles. The van der Waals surface area contributed by atoms with Crippen LogP contribution in [-0.2, 0) is 9.84 Å². The molecule has 0 unspecified atom stereocenters. The van der Waals surface area contributed by atoms with Crippen LogP contribution in [0.1, 0.15) is 29.2 Å². The van der Waals surface area contributed by atoms with Crippen molar-refractivity contribution >= 4 is 33.2 Å². The third-order valence-electron chi connectivity index (χ3n) is 3.42. The van der Waals surface area contributed by atoms with E-state index in [1.54, 1.807) is 6.92 Å². The minimum absolute atomic E-state index is 0.0107. The summed E-state index contributed by atoms with van der Waals surface area (Å²) < 4.78 is 35.6. The first-order valence-corrected chi connectivity index (χ1v) is 10.3. The number of hydrogen-bond donors (Lipinski definition) is 3. The van der Waals surface area contributed by atoms with Crippen LogP contribution in [0.15, 0.2) is 42.1 Å². The number of nitrogens with zero attached hydrogens (tertiary/aromatic N) is 2. The van der Waals surface area contributed by atoms with Crippen LogP contribution in [0.4, 0.5) is 10.2 Å². The Morgan fingerprint density at radius 3 is 2.64 bits per heavy atom. The molecule has 0 saturated heterocycles. The molecule has 0 aliphatic rings. The first-order chi connectivity index (χ1) is 13.1. The van der Waals surface area contributed by atoms with E-state index in [4.69, 9.17) is 11.6 Å². The van der Waals surface area contributed by atoms with Gasteiger partial charge >= 0.3 is 0 Å². The molecule has 150 valence electrons. The van der Waals surface area contributed by atoms with Crippen LogP contribution in [0.25, 0.3) is 0 Å². The predicted molar refractivity (Wildman–Crippen MR) is 103 cm³/mol. The molecule has 0 fully saturated rings. The maximum atomic E-state index is 13.5. The molecule has 0 radical (unpaired) electrons. The molecule has 1 aromatic heterocycles. The molecule has 0 aliphatic heterocycles. The first kappa shape index (κ1) is 21.7. The number of hydrogen-bond acceptors (Lipinski definition) is 7. The summed E-state index contributed by atoms with van der Waals surface area (Å²) in [6, 6.07) is 3.47. The molecule has 1 amide bonds. The Morgan fingerprint density at radius 1 is 1.32 bits per heavy atom. The van der Waals surface area contributed by atoms with Gasteiger partial charge < -0.3 is 15.7 Å². The highest BCUT2D eigenvalue weighted by Crippen LogP contribution is 2.26. The van der Waals surface area contributed by atoms with Crippen molar-refractivity contribution in [2.24, 2.45) is 0 Å². The number of amides is 1. The maximum Gasteiger partial charge on any atom is 0.271 e. The second kappa shape index (κ2) is 9.09. The fourth-order valence-electron chi connectivity index (χ4n) is 2.06. The monoisotopic (exact) mass is 428 g/mol. The van der Waals surface area contributed by atoms with E-state index in [-0.39, 0.29) is 22.1 Å². The smallest absolute Gasteiger partial charge is 0.271 e. The third-order valence-corrected chi connectivity index (χ3v) is 4.47. The van der Waals surface area contributed by atoms with Gasteiger partial charge in [0.05, 0.1) is 17.4 Å². The van der Waals surface area contributed by atoms with Crippen molar-refractivity contribution in [3.63, 3.8) is 0 Å². The Labute approximate surface area is 166 Å². The highest BCUT2D eigenvalue weighted by molar-refractivity contribution is 7.93. The molecule has 8 nitrogen and oxygen atoms in total. The van der Waals surface area contributed by atoms with Gasteiger partial charge in [-0.25, -0.2) is 22.8 Å². The molecule has 2 aromatic rings. The van der Waals surface area contributed by atoms with Crippen LogP contribution in [-0.4, -0.2) is 41.7 Å². The van der Waals surface area contributed by atoms with Crippen LogP contribution in [0.3, 0.4) is 0 Å². The van der Waals surface area contributed by atoms with Crippen molar-refractivity contribution in [1.82, 2.24) is 15.3 Å². The summed E-state index contributed by atoms with van der Waals surface area (Å²) >= 11 is 5.82. The summed E-state index contributed by atoms with van der Waals surface area (Å²) in [6.45, 7) is 1.60. The highest BCUT2D eigenvalue weighted by atomic mass is 35.5. The Bertz CT molecular complexity index is 983. The van der Waals surface area contributed by atoms with E-state index >= 15 is 0 Å². The first-order valence-electron chi connectivity index (χ1n) is 7.96. The summed E-state index contributed by atoms with van der Waals surface area (Å²) in [4.78, 5) is 20.0. The van der Waals surface area contributed by atoms with Crippen LogP contribution >= 0.6 is 11.6 Å². The standard InChI is InChI=1S/C17H18ClFN4O4S/c1-10(6-7-28(2,26)27)22-17(25)13-8-21-14(9-20-13)23-16(24)11-4-3-5-12(19)15(11)18/h3-10,16,24H,1-2H3,(H,21,23)(H,22,25)/b7-6+/t10-,16+/m1/s1. The van der Waals surface area contributed by atoms with E-state index in [2.05, 4.69) is 20.6 Å². The summed E-state index contributed by atoms with van der Waals surface area (Å²) in [6.07, 6.45) is 3.42. The molecule has 28 heavy (non-hydrogen) atoms. The predicted octanol–water partition coefficient (Wildman–Crippen LogP) is 2.05. The zero-order valence-electron chi connectivity index (χ0n) is 14.9. The number of sulfone groups is 1. The zero-order valence-corrected chi connectivity index (χ0v) is 16.5. The van der Waals surface area contributed by atoms with E-state index in [1.807, 2.05) is 0 Å². The molecular formula is C17H18ClFN4O4S. The normalized spacial score (nSPS) is 13.9. The molecule has 0 saturated carbocycles. The Hall–Kier alpha value is -2.56. The SMILES string of the molecule is C[C@H](/C=C/S(C)(=O)=O)NC(=O)c1cnc(N[C@@H](O)c2cccc(F)c2Cl)cn1. The number of aromatic nitrogens is 2. The quantitative estimate of drug-likeness (QED) is 0.577. The van der Waals surface area contributed by atoms with Gasteiger partial charge in [-0.3, -0.25) is 4.79 Å². The maximum absolute atomic E-state index is 13.5. The number of halogens is 2. The highest BCUT2D eigenvalue weighted by Gasteiger charge is 2.16. The minimum Gasteiger partial charge on any atom is -0.369 e. The number of carbonyl (C=O) groups excluding carboxylic acids is 1. The Balaban J connectivity index is 2.02. The van der Waals surface area contributed by atoms with Crippen molar-refractivity contribution < 1.29 is 22.7 Å². The van der Waals surface area contributed by atoms with E-state index in [1.165, 1.54) is 30.6 Å². The van der Waals surface area contributed by atoms with Crippen molar-refractivity contribution in [1.29, 1.82) is 0 Å². The molecule has 3 N–H and O–H groups in total. The Kier molecular flexibility index (Phi) is 7.05. The topological polar surface area (TPSA) is 121 Å². The van der Waals surface area contributed by atoms with E-state index in [0.29, 0.717) is 0 Å². The van der Waals surface area contributed by atoms with Gasteiger partial charge in [0.25, 0.3) is 5.91 Å². The van der Waals surface area contributed by atoms with Gasteiger partial charge in [-0.1, -0.05) is 29.8 Å². The van der Waals surface area contributed by atoms with Crippen molar-refractivity contribution in [2.75, 3.05) is 11.6 Å². The summed E-state index contributed by atoms with van der Waals surface area (Å²) in [5.74, 6) is -1.09. The average molecular weight is 429 g/mol. The van der Waals surface area contributed by atoms with E-state index in [9.17, 15) is 22.7 Å². The summed E-state index contributed by atoms with van der Waals surface area (Å²) in [5.41, 5.74) is 0.111. The number of benzene rings is 1. The number of nitrogens with one attached hydrogen (secondary N) is 2. The zero-order chi connectivity index (χ0) is 20.9. The van der Waals surface area contributed by atoms with Gasteiger partial charge in [-0.15, -0.1) is 0 Å². The molecule has 11 heteroatoms. The van der Waals surface area contributed by atoms with Crippen molar-refractivity contribution in [3.05, 3.63) is 64.2 Å². The van der Waals surface area contributed by atoms with Crippen LogP contribution in [0.5, 0.6) is 0 Å². The second-order valence-electron chi connectivity index (χ2n) is 5.90. The largest absolute Gasteiger partial charge is 0.369 e. The fourth-order valence-corrected chi connectivity index (χ4v) is 2.81. The molecule has 1 aromatic carbocycles. The van der Waals surface area contributed by atoms with Gasteiger partial charge in [-0.2, -0.15) is 0 Å².